The minimum atomic E-state index is -0.662. The summed E-state index contributed by atoms with van der Waals surface area (Å²) in [6.07, 6.45) is -0.662. The van der Waals surface area contributed by atoms with Crippen LogP contribution in [0.25, 0.3) is 0 Å². The lowest BCUT2D eigenvalue weighted by molar-refractivity contribution is 0.101. The van der Waals surface area contributed by atoms with Crippen LogP contribution in [-0.2, 0) is 0 Å². The van der Waals surface area contributed by atoms with Gasteiger partial charge in [-0.15, -0.1) is 10.2 Å². The van der Waals surface area contributed by atoms with Gasteiger partial charge in [0.2, 0.25) is 5.13 Å². The number of carbonyl (C=O) groups is 1. The van der Waals surface area contributed by atoms with Gasteiger partial charge in [0.05, 0.1) is 6.10 Å². The summed E-state index contributed by atoms with van der Waals surface area (Å²) >= 11 is 2.85. The molecule has 3 aromatic rings. The Kier molecular flexibility index (Phi) is 6.80. The Morgan fingerprint density at radius 1 is 1.22 bits per heavy atom. The fraction of sp³-hybridized carbons (Fsp3) is 0.211. The quantitative estimate of drug-likeness (QED) is 0.414. The fourth-order valence-corrected chi connectivity index (χ4v) is 3.88. The van der Waals surface area contributed by atoms with E-state index < -0.39 is 6.10 Å². The summed E-state index contributed by atoms with van der Waals surface area (Å²) in [5.41, 5.74) is 1.54. The molecule has 1 atom stereocenters. The molecule has 0 aliphatic heterocycles. The third-order valence-electron chi connectivity index (χ3n) is 3.51. The van der Waals surface area contributed by atoms with Crippen LogP contribution in [0, 0.1) is 0 Å². The average molecular weight is 402 g/mol. The second-order valence-electron chi connectivity index (χ2n) is 5.72. The molecular formula is C19H19N3O3S2. The molecule has 0 saturated heterocycles. The molecule has 0 aliphatic rings. The highest BCUT2D eigenvalue weighted by molar-refractivity contribution is 8.01. The molecule has 3 rings (SSSR count). The van der Waals surface area contributed by atoms with Crippen LogP contribution in [0.5, 0.6) is 5.75 Å². The number of anilines is 2. The number of thioether (sulfide) groups is 1. The lowest BCUT2D eigenvalue weighted by atomic mass is 10.1. The van der Waals surface area contributed by atoms with Crippen LogP contribution in [0.2, 0.25) is 0 Å². The molecule has 0 saturated carbocycles. The first-order valence-corrected chi connectivity index (χ1v) is 10.1. The molecule has 2 aromatic carbocycles. The topological polar surface area (TPSA) is 84.3 Å². The summed E-state index contributed by atoms with van der Waals surface area (Å²) in [4.78, 5) is 11.4. The number of benzene rings is 2. The summed E-state index contributed by atoms with van der Waals surface area (Å²) in [6, 6.07) is 16.7. The third-order valence-corrected chi connectivity index (χ3v) is 5.63. The number of aliphatic hydroxyl groups is 1. The molecular weight excluding hydrogens is 382 g/mol. The molecule has 0 aliphatic carbocycles. The molecule has 0 unspecified atom stereocenters. The zero-order valence-corrected chi connectivity index (χ0v) is 16.3. The van der Waals surface area contributed by atoms with E-state index in [1.165, 1.54) is 30.0 Å². The third kappa shape index (κ3) is 6.06. The van der Waals surface area contributed by atoms with Crippen LogP contribution in [0.3, 0.4) is 0 Å². The van der Waals surface area contributed by atoms with Crippen molar-refractivity contribution in [3.63, 3.8) is 0 Å². The molecule has 0 bridgehead atoms. The van der Waals surface area contributed by atoms with E-state index in [-0.39, 0.29) is 12.4 Å². The summed E-state index contributed by atoms with van der Waals surface area (Å²) in [6.45, 7) is 1.65. The number of nitrogens with one attached hydrogen (secondary N) is 1. The Bertz CT molecular complexity index is 887. The number of Topliss-reactive ketones (excluding diaryl/α,β-unsaturated/α-hetero) is 1. The van der Waals surface area contributed by atoms with Crippen LogP contribution in [0.4, 0.5) is 10.8 Å². The first kappa shape index (κ1) is 19.3. The van der Waals surface area contributed by atoms with E-state index in [4.69, 9.17) is 4.74 Å². The minimum absolute atomic E-state index is 0.0206. The molecule has 1 aromatic heterocycles. The molecule has 0 amide bonds. The molecule has 8 heteroatoms. The maximum absolute atomic E-state index is 11.4. The van der Waals surface area contributed by atoms with Gasteiger partial charge in [0.25, 0.3) is 0 Å². The van der Waals surface area contributed by atoms with Crippen molar-refractivity contribution in [2.75, 3.05) is 17.7 Å². The van der Waals surface area contributed by atoms with E-state index in [9.17, 15) is 9.90 Å². The Morgan fingerprint density at radius 3 is 2.81 bits per heavy atom. The monoisotopic (exact) mass is 401 g/mol. The maximum atomic E-state index is 11.4. The van der Waals surface area contributed by atoms with Crippen molar-refractivity contribution < 1.29 is 14.6 Å². The van der Waals surface area contributed by atoms with Crippen molar-refractivity contribution >= 4 is 39.7 Å². The van der Waals surface area contributed by atoms with Crippen molar-refractivity contribution in [3.05, 3.63) is 60.2 Å². The second-order valence-corrected chi connectivity index (χ2v) is 7.97. The van der Waals surface area contributed by atoms with Gasteiger partial charge in [-0.3, -0.25) is 4.79 Å². The van der Waals surface area contributed by atoms with Gasteiger partial charge in [-0.1, -0.05) is 53.4 Å². The van der Waals surface area contributed by atoms with E-state index >= 15 is 0 Å². The molecule has 1 heterocycles. The van der Waals surface area contributed by atoms with Crippen LogP contribution >= 0.6 is 23.1 Å². The lowest BCUT2D eigenvalue weighted by Crippen LogP contribution is -2.20. The molecule has 0 fully saturated rings. The fourth-order valence-electron chi connectivity index (χ4n) is 2.18. The summed E-state index contributed by atoms with van der Waals surface area (Å²) in [5.74, 6) is 0.983. The lowest BCUT2D eigenvalue weighted by Gasteiger charge is -2.11. The van der Waals surface area contributed by atoms with Gasteiger partial charge < -0.3 is 15.2 Å². The molecule has 27 heavy (non-hydrogen) atoms. The summed E-state index contributed by atoms with van der Waals surface area (Å²) in [7, 11) is 0. The molecule has 140 valence electrons. The Hall–Kier alpha value is -2.42. The number of aliphatic hydroxyl groups excluding tert-OH is 1. The number of hydrogen-bond donors (Lipinski definition) is 2. The van der Waals surface area contributed by atoms with E-state index in [2.05, 4.69) is 15.5 Å². The van der Waals surface area contributed by atoms with Crippen molar-refractivity contribution in [2.24, 2.45) is 0 Å². The summed E-state index contributed by atoms with van der Waals surface area (Å²) < 4.78 is 6.34. The first-order valence-electron chi connectivity index (χ1n) is 8.30. The number of carbonyl (C=O) groups excluding carboxylic acids is 1. The number of hydrogen-bond acceptors (Lipinski definition) is 8. The largest absolute Gasteiger partial charge is 0.491 e. The van der Waals surface area contributed by atoms with E-state index in [0.717, 1.165) is 10.0 Å². The van der Waals surface area contributed by atoms with Crippen LogP contribution in [-0.4, -0.2) is 39.6 Å². The van der Waals surface area contributed by atoms with Gasteiger partial charge in [0.15, 0.2) is 10.1 Å². The molecule has 0 radical (unpaired) electrons. The van der Waals surface area contributed by atoms with Crippen molar-refractivity contribution in [1.82, 2.24) is 10.2 Å². The number of rotatable bonds is 9. The van der Waals surface area contributed by atoms with Crippen LogP contribution < -0.4 is 10.1 Å². The van der Waals surface area contributed by atoms with Gasteiger partial charge >= 0.3 is 0 Å². The minimum Gasteiger partial charge on any atom is -0.491 e. The van der Waals surface area contributed by atoms with Crippen molar-refractivity contribution in [2.45, 2.75) is 17.4 Å². The number of para-hydroxylation sites is 1. The summed E-state index contributed by atoms with van der Waals surface area (Å²) in [5, 5.41) is 22.2. The van der Waals surface area contributed by atoms with Crippen LogP contribution in [0.1, 0.15) is 17.3 Å². The zero-order valence-electron chi connectivity index (χ0n) is 14.7. The highest BCUT2D eigenvalue weighted by Crippen LogP contribution is 2.28. The van der Waals surface area contributed by atoms with E-state index in [1.807, 2.05) is 30.3 Å². The van der Waals surface area contributed by atoms with E-state index in [1.54, 1.807) is 24.3 Å². The number of nitrogens with zero attached hydrogens (tertiary/aromatic N) is 2. The predicted octanol–water partition coefficient (Wildman–Crippen LogP) is 4.02. The highest BCUT2D eigenvalue weighted by Gasteiger charge is 2.11. The standard InChI is InChI=1S/C19H19N3O3S2/c1-13(23)14-6-5-9-17(10-14)25-11-16(24)12-26-19-22-21-18(27-19)20-15-7-3-2-4-8-15/h2-10,16,24H,11-12H2,1H3,(H,20,21)/t16-/m0/s1. The predicted molar refractivity (Wildman–Crippen MR) is 108 cm³/mol. The zero-order chi connectivity index (χ0) is 19.1. The smallest absolute Gasteiger partial charge is 0.210 e. The van der Waals surface area contributed by atoms with E-state index in [0.29, 0.717) is 22.2 Å². The Labute approximate surface area is 165 Å². The first-order chi connectivity index (χ1) is 13.1. The maximum Gasteiger partial charge on any atom is 0.210 e. The van der Waals surface area contributed by atoms with Crippen molar-refractivity contribution in [3.8, 4) is 5.75 Å². The highest BCUT2D eigenvalue weighted by atomic mass is 32.2. The van der Waals surface area contributed by atoms with Gasteiger partial charge in [-0.25, -0.2) is 0 Å². The van der Waals surface area contributed by atoms with Gasteiger partial charge in [0.1, 0.15) is 12.4 Å². The number of ether oxygens (including phenoxy) is 1. The number of aromatic nitrogens is 2. The van der Waals surface area contributed by atoms with Crippen LogP contribution in [0.15, 0.2) is 58.9 Å². The molecule has 6 nitrogen and oxygen atoms in total. The van der Waals surface area contributed by atoms with Crippen molar-refractivity contribution in [1.29, 1.82) is 0 Å². The number of ketones is 1. The van der Waals surface area contributed by atoms with Gasteiger partial charge in [0, 0.05) is 17.0 Å². The molecule has 0 spiro atoms. The molecule has 2 N–H and O–H groups in total. The normalized spacial score (nSPS) is 11.8. The Balaban J connectivity index is 1.45. The SMILES string of the molecule is CC(=O)c1cccc(OC[C@H](O)CSc2nnc(Nc3ccccc3)s2)c1. The second kappa shape index (κ2) is 9.50. The van der Waals surface area contributed by atoms with Gasteiger partial charge in [-0.05, 0) is 31.2 Å². The Morgan fingerprint density at radius 2 is 2.04 bits per heavy atom. The van der Waals surface area contributed by atoms with Gasteiger partial charge in [-0.2, -0.15) is 0 Å². The average Bonchev–Trinajstić information content (AvgIpc) is 3.13.